The van der Waals surface area contributed by atoms with E-state index in [2.05, 4.69) is 10.2 Å². The number of carbonyl (C=O) groups is 1. The van der Waals surface area contributed by atoms with Gasteiger partial charge in [0.25, 0.3) is 0 Å². The second-order valence-electron chi connectivity index (χ2n) is 8.14. The Morgan fingerprint density at radius 1 is 1.17 bits per heavy atom. The third-order valence-corrected chi connectivity index (χ3v) is 5.70. The molecule has 1 heterocycles. The van der Waals surface area contributed by atoms with Crippen LogP contribution in [0.4, 0.5) is 9.18 Å². The SMILES string of the molecule is O=C(NC1CCCN(Cc2ccccc2F)C1)N(Cc1cccc(O)c1)C1CC1. The minimum Gasteiger partial charge on any atom is -0.508 e. The molecule has 2 aromatic rings. The first kappa shape index (κ1) is 19.7. The first-order valence-electron chi connectivity index (χ1n) is 10.4. The number of piperidine rings is 1. The summed E-state index contributed by atoms with van der Waals surface area (Å²) in [5, 5.41) is 12.9. The Balaban J connectivity index is 1.35. The van der Waals surface area contributed by atoms with E-state index in [9.17, 15) is 14.3 Å². The molecule has 2 aromatic carbocycles. The Kier molecular flexibility index (Phi) is 6.00. The average molecular weight is 397 g/mol. The van der Waals surface area contributed by atoms with Crippen LogP contribution in [-0.4, -0.2) is 46.1 Å². The van der Waals surface area contributed by atoms with E-state index < -0.39 is 0 Å². The van der Waals surface area contributed by atoms with Crippen LogP contribution in [0.25, 0.3) is 0 Å². The van der Waals surface area contributed by atoms with Crippen molar-refractivity contribution in [2.75, 3.05) is 13.1 Å². The van der Waals surface area contributed by atoms with Gasteiger partial charge in [0, 0.05) is 37.3 Å². The zero-order chi connectivity index (χ0) is 20.2. The highest BCUT2D eigenvalue weighted by molar-refractivity contribution is 5.75. The Labute approximate surface area is 171 Å². The fourth-order valence-electron chi connectivity index (χ4n) is 4.05. The highest BCUT2D eigenvalue weighted by atomic mass is 19.1. The fourth-order valence-corrected chi connectivity index (χ4v) is 4.05. The average Bonchev–Trinajstić information content (AvgIpc) is 3.53. The number of hydrogen-bond acceptors (Lipinski definition) is 3. The summed E-state index contributed by atoms with van der Waals surface area (Å²) in [6.45, 7) is 2.70. The van der Waals surface area contributed by atoms with Gasteiger partial charge in [-0.15, -0.1) is 0 Å². The molecule has 0 aromatic heterocycles. The Morgan fingerprint density at radius 3 is 2.76 bits per heavy atom. The van der Waals surface area contributed by atoms with E-state index in [1.54, 1.807) is 24.3 Å². The lowest BCUT2D eigenvalue weighted by atomic mass is 10.0. The summed E-state index contributed by atoms with van der Waals surface area (Å²) >= 11 is 0. The van der Waals surface area contributed by atoms with E-state index in [1.807, 2.05) is 23.1 Å². The van der Waals surface area contributed by atoms with Gasteiger partial charge in [-0.3, -0.25) is 4.90 Å². The molecule has 1 aliphatic heterocycles. The van der Waals surface area contributed by atoms with Crippen molar-refractivity contribution < 1.29 is 14.3 Å². The van der Waals surface area contributed by atoms with Crippen LogP contribution in [0.5, 0.6) is 5.75 Å². The molecule has 0 spiro atoms. The van der Waals surface area contributed by atoms with Gasteiger partial charge in [0.05, 0.1) is 0 Å². The number of urea groups is 1. The minimum atomic E-state index is -0.176. The highest BCUT2D eigenvalue weighted by Gasteiger charge is 2.34. The molecule has 29 heavy (non-hydrogen) atoms. The van der Waals surface area contributed by atoms with Gasteiger partial charge in [-0.25, -0.2) is 9.18 Å². The van der Waals surface area contributed by atoms with E-state index in [0.717, 1.165) is 44.3 Å². The van der Waals surface area contributed by atoms with Crippen LogP contribution in [0.15, 0.2) is 48.5 Å². The maximum atomic E-state index is 14.0. The summed E-state index contributed by atoms with van der Waals surface area (Å²) in [7, 11) is 0. The minimum absolute atomic E-state index is 0.0476. The molecule has 0 radical (unpaired) electrons. The molecule has 1 saturated heterocycles. The molecule has 1 aliphatic carbocycles. The van der Waals surface area contributed by atoms with Crippen LogP contribution in [0.3, 0.4) is 0 Å². The molecule has 2 amide bonds. The number of aromatic hydroxyl groups is 1. The molecule has 5 nitrogen and oxygen atoms in total. The second kappa shape index (κ2) is 8.82. The van der Waals surface area contributed by atoms with Crippen LogP contribution < -0.4 is 5.32 Å². The lowest BCUT2D eigenvalue weighted by Gasteiger charge is -2.34. The van der Waals surface area contributed by atoms with Gasteiger partial charge in [-0.05, 0) is 56.0 Å². The zero-order valence-corrected chi connectivity index (χ0v) is 16.6. The van der Waals surface area contributed by atoms with Crippen LogP contribution in [0.1, 0.15) is 36.8 Å². The number of hydrogen-bond donors (Lipinski definition) is 2. The number of rotatable bonds is 6. The van der Waals surface area contributed by atoms with Gasteiger partial charge in [-0.2, -0.15) is 0 Å². The number of likely N-dealkylation sites (tertiary alicyclic amines) is 1. The van der Waals surface area contributed by atoms with Crippen molar-refractivity contribution in [2.24, 2.45) is 0 Å². The molecular formula is C23H28FN3O2. The first-order chi connectivity index (χ1) is 14.1. The topological polar surface area (TPSA) is 55.8 Å². The van der Waals surface area contributed by atoms with Crippen LogP contribution in [0, 0.1) is 5.82 Å². The van der Waals surface area contributed by atoms with Gasteiger partial charge in [-0.1, -0.05) is 30.3 Å². The number of nitrogens with one attached hydrogen (secondary N) is 1. The third-order valence-electron chi connectivity index (χ3n) is 5.70. The van der Waals surface area contributed by atoms with E-state index in [4.69, 9.17) is 0 Å². The molecule has 6 heteroatoms. The summed E-state index contributed by atoms with van der Waals surface area (Å²) in [4.78, 5) is 17.1. The molecule has 0 bridgehead atoms. The standard InChI is InChI=1S/C23H28FN3O2/c24-22-9-2-1-6-18(22)15-26-12-4-7-19(16-26)25-23(29)27(20-10-11-20)14-17-5-3-8-21(28)13-17/h1-3,5-6,8-9,13,19-20,28H,4,7,10-12,14-16H2,(H,25,29). The highest BCUT2D eigenvalue weighted by Crippen LogP contribution is 2.29. The number of benzene rings is 2. The van der Waals surface area contributed by atoms with Crippen molar-refractivity contribution in [3.05, 3.63) is 65.5 Å². The Morgan fingerprint density at radius 2 is 2.00 bits per heavy atom. The molecule has 1 unspecified atom stereocenters. The van der Waals surface area contributed by atoms with Crippen molar-refractivity contribution in [2.45, 2.75) is 50.9 Å². The van der Waals surface area contributed by atoms with Crippen molar-refractivity contribution in [1.82, 2.24) is 15.1 Å². The predicted molar refractivity (Wildman–Crippen MR) is 110 cm³/mol. The molecule has 1 saturated carbocycles. The number of phenolic OH excluding ortho intramolecular Hbond substituents is 1. The molecule has 2 fully saturated rings. The van der Waals surface area contributed by atoms with Crippen molar-refractivity contribution in [3.8, 4) is 5.75 Å². The Hall–Kier alpha value is -2.60. The monoisotopic (exact) mass is 397 g/mol. The fraction of sp³-hybridized carbons (Fsp3) is 0.435. The number of phenols is 1. The zero-order valence-electron chi connectivity index (χ0n) is 16.6. The summed E-state index contributed by atoms with van der Waals surface area (Å²) in [5.41, 5.74) is 1.62. The van der Waals surface area contributed by atoms with Gasteiger partial charge in [0.15, 0.2) is 0 Å². The van der Waals surface area contributed by atoms with Crippen molar-refractivity contribution >= 4 is 6.03 Å². The Bertz CT molecular complexity index is 856. The van der Waals surface area contributed by atoms with Gasteiger partial charge in [0.1, 0.15) is 11.6 Å². The molecule has 2 aliphatic rings. The van der Waals surface area contributed by atoms with E-state index in [0.29, 0.717) is 18.7 Å². The maximum Gasteiger partial charge on any atom is 0.318 e. The third kappa shape index (κ3) is 5.26. The van der Waals surface area contributed by atoms with Crippen molar-refractivity contribution in [3.63, 3.8) is 0 Å². The molecular weight excluding hydrogens is 369 g/mol. The lowest BCUT2D eigenvalue weighted by Crippen LogP contribution is -2.51. The quantitative estimate of drug-likeness (QED) is 0.778. The molecule has 2 N–H and O–H groups in total. The number of amides is 2. The molecule has 4 rings (SSSR count). The van der Waals surface area contributed by atoms with Gasteiger partial charge < -0.3 is 15.3 Å². The van der Waals surface area contributed by atoms with Crippen LogP contribution in [0.2, 0.25) is 0 Å². The van der Waals surface area contributed by atoms with Gasteiger partial charge >= 0.3 is 6.03 Å². The summed E-state index contributed by atoms with van der Waals surface area (Å²) in [6.07, 6.45) is 3.96. The smallest absolute Gasteiger partial charge is 0.318 e. The van der Waals surface area contributed by atoms with Crippen LogP contribution in [-0.2, 0) is 13.1 Å². The predicted octanol–water partition coefficient (Wildman–Crippen LogP) is 3.87. The first-order valence-corrected chi connectivity index (χ1v) is 10.4. The summed E-state index contributed by atoms with van der Waals surface area (Å²) in [6, 6.07) is 14.2. The molecule has 154 valence electrons. The number of halogens is 1. The summed E-state index contributed by atoms with van der Waals surface area (Å²) in [5.74, 6) is 0.0411. The largest absolute Gasteiger partial charge is 0.508 e. The second-order valence-corrected chi connectivity index (χ2v) is 8.14. The number of carbonyl (C=O) groups excluding carboxylic acids is 1. The molecule has 1 atom stereocenters. The maximum absolute atomic E-state index is 14.0. The van der Waals surface area contributed by atoms with E-state index in [-0.39, 0.29) is 29.7 Å². The normalized spacial score (nSPS) is 19.7. The van der Waals surface area contributed by atoms with E-state index in [1.165, 1.54) is 6.07 Å². The number of nitrogens with zero attached hydrogens (tertiary/aromatic N) is 2. The van der Waals surface area contributed by atoms with Crippen LogP contribution >= 0.6 is 0 Å². The van der Waals surface area contributed by atoms with E-state index >= 15 is 0 Å². The lowest BCUT2D eigenvalue weighted by molar-refractivity contribution is 0.159. The summed E-state index contributed by atoms with van der Waals surface area (Å²) < 4.78 is 14.0. The van der Waals surface area contributed by atoms with Crippen molar-refractivity contribution in [1.29, 1.82) is 0 Å². The van der Waals surface area contributed by atoms with Gasteiger partial charge in [0.2, 0.25) is 0 Å².